The summed E-state index contributed by atoms with van der Waals surface area (Å²) < 4.78 is 1.02. The molecule has 4 nitrogen and oxygen atoms in total. The third-order valence-corrected chi connectivity index (χ3v) is 3.68. The Bertz CT molecular complexity index is 577. The summed E-state index contributed by atoms with van der Waals surface area (Å²) in [6.45, 7) is 0. The highest BCUT2D eigenvalue weighted by molar-refractivity contribution is 9.11. The lowest BCUT2D eigenvalue weighted by atomic mass is 10.2. The van der Waals surface area contributed by atoms with Crippen molar-refractivity contribution >= 4 is 45.1 Å². The van der Waals surface area contributed by atoms with Gasteiger partial charge in [-0.25, -0.2) is 5.43 Å². The van der Waals surface area contributed by atoms with Crippen LogP contribution in [0.4, 0.5) is 5.69 Å². The van der Waals surface area contributed by atoms with Gasteiger partial charge in [0.25, 0.3) is 5.91 Å². The predicted molar refractivity (Wildman–Crippen MR) is 77.9 cm³/mol. The molecule has 0 bridgehead atoms. The van der Waals surface area contributed by atoms with E-state index < -0.39 is 0 Å². The van der Waals surface area contributed by atoms with Gasteiger partial charge < -0.3 is 5.73 Å². The number of hydrogen-bond acceptors (Lipinski definition) is 4. The molecule has 18 heavy (non-hydrogen) atoms. The fourth-order valence-electron chi connectivity index (χ4n) is 1.25. The molecule has 0 radical (unpaired) electrons. The summed E-state index contributed by atoms with van der Waals surface area (Å²) in [5, 5.41) is 3.89. The van der Waals surface area contributed by atoms with Crippen LogP contribution in [0.15, 0.2) is 45.3 Å². The SMILES string of the molecule is Nc1ccc(C(=O)N/N=C/c2ccc(Br)s2)cc1. The molecular weight excluding hydrogens is 314 g/mol. The quantitative estimate of drug-likeness (QED) is 0.518. The van der Waals surface area contributed by atoms with Crippen LogP contribution in [0.3, 0.4) is 0 Å². The molecule has 1 aromatic carbocycles. The molecule has 1 amide bonds. The van der Waals surface area contributed by atoms with Crippen molar-refractivity contribution in [2.75, 3.05) is 5.73 Å². The van der Waals surface area contributed by atoms with Gasteiger partial charge >= 0.3 is 0 Å². The number of hydrogen-bond donors (Lipinski definition) is 2. The average Bonchev–Trinajstić information content (AvgIpc) is 2.76. The minimum Gasteiger partial charge on any atom is -0.399 e. The molecule has 0 fully saturated rings. The number of carbonyl (C=O) groups excluding carboxylic acids is 1. The summed E-state index contributed by atoms with van der Waals surface area (Å²) in [6.07, 6.45) is 1.60. The largest absolute Gasteiger partial charge is 0.399 e. The zero-order valence-corrected chi connectivity index (χ0v) is 11.7. The summed E-state index contributed by atoms with van der Waals surface area (Å²) >= 11 is 4.89. The lowest BCUT2D eigenvalue weighted by Crippen LogP contribution is -2.17. The molecule has 0 aliphatic carbocycles. The van der Waals surface area contributed by atoms with Crippen LogP contribution in [-0.2, 0) is 0 Å². The number of anilines is 1. The maximum absolute atomic E-state index is 11.7. The van der Waals surface area contributed by atoms with Crippen LogP contribution in [0, 0.1) is 0 Å². The number of halogens is 1. The molecule has 0 atom stereocenters. The summed E-state index contributed by atoms with van der Waals surface area (Å²) in [4.78, 5) is 12.6. The molecular formula is C12H10BrN3OS. The molecule has 0 aliphatic heterocycles. The van der Waals surface area contributed by atoms with E-state index in [1.807, 2.05) is 12.1 Å². The first-order valence-corrected chi connectivity index (χ1v) is 6.70. The fourth-order valence-corrected chi connectivity index (χ4v) is 2.55. The van der Waals surface area contributed by atoms with E-state index in [4.69, 9.17) is 5.73 Å². The van der Waals surface area contributed by atoms with E-state index in [0.29, 0.717) is 11.3 Å². The van der Waals surface area contributed by atoms with Gasteiger partial charge in [-0.1, -0.05) is 0 Å². The number of rotatable bonds is 3. The summed E-state index contributed by atoms with van der Waals surface area (Å²) in [5.74, 6) is -0.262. The van der Waals surface area contributed by atoms with Crippen LogP contribution in [0.1, 0.15) is 15.2 Å². The first-order chi connectivity index (χ1) is 8.65. The van der Waals surface area contributed by atoms with Gasteiger partial charge in [-0.05, 0) is 52.3 Å². The minimum absolute atomic E-state index is 0.262. The Labute approximate surface area is 117 Å². The van der Waals surface area contributed by atoms with Crippen LogP contribution in [-0.4, -0.2) is 12.1 Å². The Kier molecular flexibility index (Phi) is 4.11. The van der Waals surface area contributed by atoms with E-state index in [-0.39, 0.29) is 5.91 Å². The van der Waals surface area contributed by atoms with Gasteiger partial charge in [-0.2, -0.15) is 5.10 Å². The van der Waals surface area contributed by atoms with Crippen molar-refractivity contribution in [3.63, 3.8) is 0 Å². The zero-order valence-electron chi connectivity index (χ0n) is 9.26. The Balaban J connectivity index is 1.96. The van der Waals surface area contributed by atoms with Crippen molar-refractivity contribution in [3.8, 4) is 0 Å². The van der Waals surface area contributed by atoms with Gasteiger partial charge in [-0.15, -0.1) is 11.3 Å². The Morgan fingerprint density at radius 2 is 2.00 bits per heavy atom. The minimum atomic E-state index is -0.262. The third kappa shape index (κ3) is 3.41. The maximum atomic E-state index is 11.7. The molecule has 0 spiro atoms. The second-order valence-corrected chi connectivity index (χ2v) is 5.96. The van der Waals surface area contributed by atoms with E-state index in [1.165, 1.54) is 11.3 Å². The van der Waals surface area contributed by atoms with E-state index in [2.05, 4.69) is 26.5 Å². The normalized spacial score (nSPS) is 10.7. The van der Waals surface area contributed by atoms with Crippen molar-refractivity contribution < 1.29 is 4.79 Å². The monoisotopic (exact) mass is 323 g/mol. The number of nitrogens with zero attached hydrogens (tertiary/aromatic N) is 1. The number of nitrogens with one attached hydrogen (secondary N) is 1. The van der Waals surface area contributed by atoms with Crippen molar-refractivity contribution in [1.29, 1.82) is 0 Å². The van der Waals surface area contributed by atoms with Gasteiger partial charge in [0.05, 0.1) is 10.0 Å². The van der Waals surface area contributed by atoms with Crippen molar-refractivity contribution in [2.45, 2.75) is 0 Å². The van der Waals surface area contributed by atoms with Gasteiger partial charge in [-0.3, -0.25) is 4.79 Å². The lowest BCUT2D eigenvalue weighted by molar-refractivity contribution is 0.0955. The lowest BCUT2D eigenvalue weighted by Gasteiger charge is -1.99. The standard InChI is InChI=1S/C12H10BrN3OS/c13-11-6-5-10(18-11)7-15-16-12(17)8-1-3-9(14)4-2-8/h1-7H,14H2,(H,16,17)/b15-7+. The molecule has 0 aliphatic rings. The highest BCUT2D eigenvalue weighted by Gasteiger charge is 2.02. The van der Waals surface area contributed by atoms with Crippen molar-refractivity contribution in [1.82, 2.24) is 5.43 Å². The number of hydrazone groups is 1. The molecule has 0 unspecified atom stereocenters. The number of thiophene rings is 1. The number of benzene rings is 1. The zero-order chi connectivity index (χ0) is 13.0. The third-order valence-electron chi connectivity index (χ3n) is 2.12. The van der Waals surface area contributed by atoms with Crippen LogP contribution >= 0.6 is 27.3 Å². The first-order valence-electron chi connectivity index (χ1n) is 5.09. The fraction of sp³-hybridized carbons (Fsp3) is 0. The van der Waals surface area contributed by atoms with E-state index in [0.717, 1.165) is 8.66 Å². The molecule has 2 aromatic rings. The molecule has 0 saturated carbocycles. The van der Waals surface area contributed by atoms with E-state index in [9.17, 15) is 4.79 Å². The predicted octanol–water partition coefficient (Wildman–Crippen LogP) is 2.86. The van der Waals surface area contributed by atoms with E-state index in [1.54, 1.807) is 30.5 Å². The molecule has 1 heterocycles. The van der Waals surface area contributed by atoms with Gasteiger partial charge in [0.15, 0.2) is 0 Å². The van der Waals surface area contributed by atoms with Crippen LogP contribution in [0.2, 0.25) is 0 Å². The second kappa shape index (κ2) is 5.79. The van der Waals surface area contributed by atoms with Crippen molar-refractivity contribution in [3.05, 3.63) is 50.6 Å². The first kappa shape index (κ1) is 12.8. The highest BCUT2D eigenvalue weighted by atomic mass is 79.9. The number of nitrogen functional groups attached to an aromatic ring is 1. The molecule has 0 saturated heterocycles. The van der Waals surface area contributed by atoms with Crippen LogP contribution in [0.25, 0.3) is 0 Å². The Hall–Kier alpha value is -1.66. The molecule has 1 aromatic heterocycles. The number of carbonyl (C=O) groups is 1. The Morgan fingerprint density at radius 1 is 1.28 bits per heavy atom. The van der Waals surface area contributed by atoms with Crippen molar-refractivity contribution in [2.24, 2.45) is 5.10 Å². The smallest absolute Gasteiger partial charge is 0.271 e. The molecule has 92 valence electrons. The van der Waals surface area contributed by atoms with Gasteiger partial charge in [0.2, 0.25) is 0 Å². The van der Waals surface area contributed by atoms with Gasteiger partial charge in [0.1, 0.15) is 0 Å². The second-order valence-electron chi connectivity index (χ2n) is 3.46. The number of amides is 1. The summed E-state index contributed by atoms with van der Waals surface area (Å²) in [5.41, 5.74) is 9.14. The van der Waals surface area contributed by atoms with Gasteiger partial charge in [0, 0.05) is 16.1 Å². The highest BCUT2D eigenvalue weighted by Crippen LogP contribution is 2.20. The summed E-state index contributed by atoms with van der Waals surface area (Å²) in [7, 11) is 0. The average molecular weight is 324 g/mol. The maximum Gasteiger partial charge on any atom is 0.271 e. The molecule has 2 rings (SSSR count). The molecule has 6 heteroatoms. The molecule has 3 N–H and O–H groups in total. The summed E-state index contributed by atoms with van der Waals surface area (Å²) in [6, 6.07) is 10.5. The van der Waals surface area contributed by atoms with Crippen LogP contribution in [0.5, 0.6) is 0 Å². The van der Waals surface area contributed by atoms with Crippen LogP contribution < -0.4 is 11.2 Å². The van der Waals surface area contributed by atoms with E-state index >= 15 is 0 Å². The Morgan fingerprint density at radius 3 is 2.61 bits per heavy atom. The topological polar surface area (TPSA) is 67.5 Å². The number of nitrogens with two attached hydrogens (primary N) is 1.